The van der Waals surface area contributed by atoms with E-state index in [9.17, 15) is 9.50 Å². The first kappa shape index (κ1) is 21.2. The van der Waals surface area contributed by atoms with Crippen LogP contribution in [0.5, 0.6) is 0 Å². The third-order valence-electron chi connectivity index (χ3n) is 5.40. The van der Waals surface area contributed by atoms with E-state index in [1.807, 2.05) is 34.9 Å². The summed E-state index contributed by atoms with van der Waals surface area (Å²) in [5.74, 6) is 0.863. The van der Waals surface area contributed by atoms with Gasteiger partial charge in [0.1, 0.15) is 11.5 Å². The molecule has 3 aromatic rings. The smallest absolute Gasteiger partial charge is 0.223 e. The first-order valence-electron chi connectivity index (χ1n) is 10.7. The summed E-state index contributed by atoms with van der Waals surface area (Å²) in [4.78, 5) is 14.0. The van der Waals surface area contributed by atoms with Gasteiger partial charge in [0.05, 0.1) is 23.7 Å². The summed E-state index contributed by atoms with van der Waals surface area (Å²) < 4.78 is 15.5. The maximum Gasteiger partial charge on any atom is 0.223 e. The van der Waals surface area contributed by atoms with Gasteiger partial charge >= 0.3 is 0 Å². The first-order valence-corrected chi connectivity index (χ1v) is 10.7. The Hall–Kier alpha value is -3.06. The fourth-order valence-electron chi connectivity index (χ4n) is 4.06. The third-order valence-corrected chi connectivity index (χ3v) is 5.40. The third kappa shape index (κ3) is 4.66. The van der Waals surface area contributed by atoms with Crippen molar-refractivity contribution in [3.63, 3.8) is 0 Å². The molecule has 3 heterocycles. The molecule has 0 aliphatic heterocycles. The number of aromatic nitrogens is 4. The van der Waals surface area contributed by atoms with Gasteiger partial charge in [-0.2, -0.15) is 0 Å². The molecule has 3 aromatic heterocycles. The molecule has 0 bridgehead atoms. The number of anilines is 1. The van der Waals surface area contributed by atoms with Gasteiger partial charge < -0.3 is 10.4 Å². The van der Waals surface area contributed by atoms with Gasteiger partial charge in [-0.05, 0) is 61.6 Å². The maximum absolute atomic E-state index is 13.6. The molecule has 162 valence electrons. The molecular formula is C24H28FN5O. The predicted molar refractivity (Wildman–Crippen MR) is 120 cm³/mol. The predicted octanol–water partition coefficient (Wildman–Crippen LogP) is 5.03. The second kappa shape index (κ2) is 8.98. The zero-order chi connectivity index (χ0) is 22.0. The van der Waals surface area contributed by atoms with E-state index in [1.165, 1.54) is 6.08 Å². The minimum atomic E-state index is -0.225. The molecule has 6 nitrogen and oxygen atoms in total. The number of halogens is 1. The molecule has 0 fully saturated rings. The number of rotatable bonds is 7. The van der Waals surface area contributed by atoms with E-state index in [0.717, 1.165) is 34.7 Å². The van der Waals surface area contributed by atoms with Crippen LogP contribution in [0.1, 0.15) is 50.8 Å². The molecule has 31 heavy (non-hydrogen) atoms. The van der Waals surface area contributed by atoms with Gasteiger partial charge in [-0.1, -0.05) is 19.9 Å². The lowest BCUT2D eigenvalue weighted by Gasteiger charge is -2.17. The summed E-state index contributed by atoms with van der Waals surface area (Å²) in [5.41, 5.74) is 3.94. The molecule has 0 aromatic carbocycles. The average Bonchev–Trinajstić information content (AvgIpc) is 3.12. The summed E-state index contributed by atoms with van der Waals surface area (Å²) in [7, 11) is 0. The lowest BCUT2D eigenvalue weighted by Crippen LogP contribution is -2.19. The highest BCUT2D eigenvalue weighted by Gasteiger charge is 2.23. The number of pyridine rings is 1. The SMILES string of the molecule is CC(C)CC(C)Nc1nccc(-c2c(C3C=CC(F)=CC3)nc3cc(CO)ccn23)n1. The highest BCUT2D eigenvalue weighted by atomic mass is 19.1. The van der Waals surface area contributed by atoms with Crippen molar-refractivity contribution in [1.29, 1.82) is 0 Å². The van der Waals surface area contributed by atoms with E-state index in [2.05, 4.69) is 31.1 Å². The zero-order valence-corrected chi connectivity index (χ0v) is 18.1. The number of aliphatic hydroxyl groups is 1. The van der Waals surface area contributed by atoms with Gasteiger partial charge in [0.15, 0.2) is 0 Å². The monoisotopic (exact) mass is 421 g/mol. The fraction of sp³-hybridized carbons (Fsp3) is 0.375. The van der Waals surface area contributed by atoms with E-state index in [0.29, 0.717) is 18.3 Å². The van der Waals surface area contributed by atoms with Gasteiger partial charge in [0.2, 0.25) is 5.95 Å². The van der Waals surface area contributed by atoms with Crippen molar-refractivity contribution in [2.75, 3.05) is 5.32 Å². The van der Waals surface area contributed by atoms with Crippen LogP contribution in [0.2, 0.25) is 0 Å². The highest BCUT2D eigenvalue weighted by Crippen LogP contribution is 2.35. The quantitative estimate of drug-likeness (QED) is 0.560. The molecule has 0 radical (unpaired) electrons. The minimum absolute atomic E-state index is 0.0549. The molecule has 0 spiro atoms. The number of allylic oxidation sites excluding steroid dienone is 4. The molecule has 0 amide bonds. The number of fused-ring (bicyclic) bond motifs is 1. The van der Waals surface area contributed by atoms with Crippen LogP contribution in [-0.4, -0.2) is 30.5 Å². The Morgan fingerprint density at radius 1 is 1.26 bits per heavy atom. The Labute approximate surface area is 181 Å². The summed E-state index contributed by atoms with van der Waals surface area (Å²) >= 11 is 0. The summed E-state index contributed by atoms with van der Waals surface area (Å²) in [6.45, 7) is 6.45. The number of hydrogen-bond donors (Lipinski definition) is 2. The van der Waals surface area contributed by atoms with Gasteiger partial charge in [-0.25, -0.2) is 19.3 Å². The Balaban J connectivity index is 1.78. The lowest BCUT2D eigenvalue weighted by molar-refractivity contribution is 0.282. The van der Waals surface area contributed by atoms with Crippen LogP contribution in [0, 0.1) is 5.92 Å². The summed E-state index contributed by atoms with van der Waals surface area (Å²) in [6, 6.07) is 5.84. The van der Waals surface area contributed by atoms with Crippen molar-refractivity contribution in [2.45, 2.75) is 52.2 Å². The second-order valence-electron chi connectivity index (χ2n) is 8.50. The molecule has 7 heteroatoms. The molecule has 0 saturated carbocycles. The normalized spacial score (nSPS) is 17.2. The summed E-state index contributed by atoms with van der Waals surface area (Å²) in [5, 5.41) is 12.9. The van der Waals surface area contributed by atoms with Gasteiger partial charge in [0.25, 0.3) is 0 Å². The molecule has 2 atom stereocenters. The Bertz CT molecular complexity index is 1130. The largest absolute Gasteiger partial charge is 0.392 e. The lowest BCUT2D eigenvalue weighted by atomic mass is 9.94. The van der Waals surface area contributed by atoms with Crippen LogP contribution >= 0.6 is 0 Å². The van der Waals surface area contributed by atoms with E-state index in [-0.39, 0.29) is 24.4 Å². The molecule has 1 aliphatic carbocycles. The van der Waals surface area contributed by atoms with E-state index in [4.69, 9.17) is 9.97 Å². The van der Waals surface area contributed by atoms with Crippen LogP contribution in [0.15, 0.2) is 54.6 Å². The van der Waals surface area contributed by atoms with Crippen molar-refractivity contribution in [2.24, 2.45) is 5.92 Å². The van der Waals surface area contributed by atoms with Crippen molar-refractivity contribution in [3.05, 3.63) is 65.9 Å². The van der Waals surface area contributed by atoms with E-state index >= 15 is 0 Å². The van der Waals surface area contributed by atoms with Crippen LogP contribution < -0.4 is 5.32 Å². The number of aliphatic hydroxyl groups excluding tert-OH is 1. The van der Waals surface area contributed by atoms with Crippen LogP contribution in [-0.2, 0) is 6.61 Å². The second-order valence-corrected chi connectivity index (χ2v) is 8.50. The Kier molecular flexibility index (Phi) is 6.13. The van der Waals surface area contributed by atoms with Crippen LogP contribution in [0.3, 0.4) is 0 Å². The van der Waals surface area contributed by atoms with E-state index < -0.39 is 0 Å². The number of nitrogens with one attached hydrogen (secondary N) is 1. The van der Waals surface area contributed by atoms with Crippen molar-refractivity contribution >= 4 is 11.6 Å². The first-order chi connectivity index (χ1) is 14.9. The summed E-state index contributed by atoms with van der Waals surface area (Å²) in [6.07, 6.45) is 10.1. The molecule has 0 saturated heterocycles. The molecular weight excluding hydrogens is 393 g/mol. The topological polar surface area (TPSA) is 75.3 Å². The van der Waals surface area contributed by atoms with Crippen molar-refractivity contribution in [1.82, 2.24) is 19.4 Å². The van der Waals surface area contributed by atoms with Gasteiger partial charge in [0, 0.05) is 24.4 Å². The highest BCUT2D eigenvalue weighted by molar-refractivity contribution is 5.67. The molecule has 2 N–H and O–H groups in total. The van der Waals surface area contributed by atoms with Crippen molar-refractivity contribution < 1.29 is 9.50 Å². The Morgan fingerprint density at radius 3 is 2.81 bits per heavy atom. The van der Waals surface area contributed by atoms with Crippen LogP contribution in [0.25, 0.3) is 17.0 Å². The van der Waals surface area contributed by atoms with Gasteiger partial charge in [-0.3, -0.25) is 4.40 Å². The van der Waals surface area contributed by atoms with Gasteiger partial charge in [-0.15, -0.1) is 0 Å². The fourth-order valence-corrected chi connectivity index (χ4v) is 4.06. The number of nitrogens with zero attached hydrogens (tertiary/aromatic N) is 4. The molecule has 2 unspecified atom stereocenters. The Morgan fingerprint density at radius 2 is 2.10 bits per heavy atom. The number of imidazole rings is 1. The standard InChI is InChI=1S/C24H28FN5O/c1-15(2)12-16(3)27-24-26-10-8-20(28-24)23-22(18-4-6-19(25)7-5-18)29-21-13-17(14-31)9-11-30(21)23/h4,6-11,13,15-16,18,31H,5,12,14H2,1-3H3,(H,26,27,28). The zero-order valence-electron chi connectivity index (χ0n) is 18.1. The van der Waals surface area contributed by atoms with E-state index in [1.54, 1.807) is 12.3 Å². The minimum Gasteiger partial charge on any atom is -0.392 e. The van der Waals surface area contributed by atoms with Crippen molar-refractivity contribution in [3.8, 4) is 11.4 Å². The van der Waals surface area contributed by atoms with Crippen LogP contribution in [0.4, 0.5) is 10.3 Å². The molecule has 1 aliphatic rings. The molecule has 4 rings (SSSR count). The average molecular weight is 422 g/mol. The number of hydrogen-bond acceptors (Lipinski definition) is 5. The maximum atomic E-state index is 13.6.